The molecule has 0 amide bonds. The first-order valence-electron chi connectivity index (χ1n) is 6.08. The lowest BCUT2D eigenvalue weighted by molar-refractivity contribution is 0.473. The Hall–Kier alpha value is -0.820. The van der Waals surface area contributed by atoms with E-state index in [1.165, 1.54) is 30.5 Å². The van der Waals surface area contributed by atoms with Gasteiger partial charge in [-0.3, -0.25) is 0 Å². The zero-order valence-electron chi connectivity index (χ0n) is 9.79. The smallest absolute Gasteiger partial charge is 0.00234 e. The second-order valence-corrected chi connectivity index (χ2v) is 4.72. The average Bonchev–Trinajstić information content (AvgIpc) is 2.68. The molecular weight excluding hydrogens is 182 g/mol. The van der Waals surface area contributed by atoms with Gasteiger partial charge in [-0.15, -0.1) is 0 Å². The molecule has 0 bridgehead atoms. The summed E-state index contributed by atoms with van der Waals surface area (Å²) < 4.78 is 0. The molecule has 1 heteroatoms. The van der Waals surface area contributed by atoms with Crippen LogP contribution >= 0.6 is 0 Å². The number of aryl methyl sites for hydroxylation is 1. The molecule has 1 aliphatic heterocycles. The van der Waals surface area contributed by atoms with Crippen molar-refractivity contribution in [1.29, 1.82) is 0 Å². The number of nitrogens with one attached hydrogen (secondary N) is 1. The van der Waals surface area contributed by atoms with Crippen molar-refractivity contribution >= 4 is 0 Å². The second kappa shape index (κ2) is 4.80. The van der Waals surface area contributed by atoms with Crippen molar-refractivity contribution in [2.75, 3.05) is 13.1 Å². The van der Waals surface area contributed by atoms with E-state index in [0.717, 1.165) is 18.4 Å². The van der Waals surface area contributed by atoms with Crippen LogP contribution in [0.2, 0.25) is 0 Å². The van der Waals surface area contributed by atoms with Gasteiger partial charge in [-0.1, -0.05) is 43.2 Å². The largest absolute Gasteiger partial charge is 0.316 e. The fourth-order valence-corrected chi connectivity index (χ4v) is 2.61. The minimum atomic E-state index is 0.741. The van der Waals surface area contributed by atoms with E-state index in [4.69, 9.17) is 0 Å². The molecular formula is C14H21N. The SMILES string of the molecule is CCCC1CNC[C@H]1c1ccc(C)cc1. The molecule has 1 aromatic carbocycles. The molecule has 0 aliphatic carbocycles. The van der Waals surface area contributed by atoms with Crippen molar-refractivity contribution in [3.05, 3.63) is 35.4 Å². The summed E-state index contributed by atoms with van der Waals surface area (Å²) in [6, 6.07) is 9.07. The third-order valence-corrected chi connectivity index (χ3v) is 3.50. The van der Waals surface area contributed by atoms with Crippen molar-refractivity contribution in [2.45, 2.75) is 32.6 Å². The summed E-state index contributed by atoms with van der Waals surface area (Å²) in [5.41, 5.74) is 2.88. The van der Waals surface area contributed by atoms with E-state index < -0.39 is 0 Å². The molecule has 1 N–H and O–H groups in total. The molecule has 1 fully saturated rings. The van der Waals surface area contributed by atoms with Gasteiger partial charge in [0.1, 0.15) is 0 Å². The molecule has 82 valence electrons. The van der Waals surface area contributed by atoms with E-state index in [9.17, 15) is 0 Å². The predicted octanol–water partition coefficient (Wildman–Crippen LogP) is 3.10. The summed E-state index contributed by atoms with van der Waals surface area (Å²) in [6.07, 6.45) is 2.65. The van der Waals surface area contributed by atoms with Crippen LogP contribution in [0.5, 0.6) is 0 Å². The second-order valence-electron chi connectivity index (χ2n) is 4.72. The van der Waals surface area contributed by atoms with Crippen LogP contribution in [-0.2, 0) is 0 Å². The lowest BCUT2D eigenvalue weighted by atomic mass is 9.86. The highest BCUT2D eigenvalue weighted by molar-refractivity contribution is 5.26. The Morgan fingerprint density at radius 3 is 2.60 bits per heavy atom. The zero-order chi connectivity index (χ0) is 10.7. The Labute approximate surface area is 92.9 Å². The zero-order valence-corrected chi connectivity index (χ0v) is 9.79. The Bertz CT molecular complexity index is 302. The van der Waals surface area contributed by atoms with Crippen LogP contribution in [0.3, 0.4) is 0 Å². The first-order valence-corrected chi connectivity index (χ1v) is 6.08. The van der Waals surface area contributed by atoms with Gasteiger partial charge >= 0.3 is 0 Å². The van der Waals surface area contributed by atoms with E-state index in [0.29, 0.717) is 0 Å². The molecule has 1 aliphatic rings. The van der Waals surface area contributed by atoms with Crippen molar-refractivity contribution in [2.24, 2.45) is 5.92 Å². The van der Waals surface area contributed by atoms with Gasteiger partial charge in [0.25, 0.3) is 0 Å². The van der Waals surface area contributed by atoms with Gasteiger partial charge < -0.3 is 5.32 Å². The molecule has 0 spiro atoms. The minimum Gasteiger partial charge on any atom is -0.316 e. The van der Waals surface area contributed by atoms with Crippen molar-refractivity contribution in [1.82, 2.24) is 5.32 Å². The van der Waals surface area contributed by atoms with Gasteiger partial charge in [-0.2, -0.15) is 0 Å². The molecule has 2 atom stereocenters. The van der Waals surface area contributed by atoms with Gasteiger partial charge in [0.05, 0.1) is 0 Å². The Morgan fingerprint density at radius 1 is 1.20 bits per heavy atom. The molecule has 1 nitrogen and oxygen atoms in total. The summed E-state index contributed by atoms with van der Waals surface area (Å²) in [6.45, 7) is 6.80. The standard InChI is InChI=1S/C14H21N/c1-3-4-13-9-15-10-14(13)12-7-5-11(2)6-8-12/h5-8,13-15H,3-4,9-10H2,1-2H3/t13?,14-/m0/s1. The quantitative estimate of drug-likeness (QED) is 0.796. The maximum Gasteiger partial charge on any atom is 0.00234 e. The normalized spacial score (nSPS) is 25.7. The van der Waals surface area contributed by atoms with Crippen LogP contribution in [0, 0.1) is 12.8 Å². The van der Waals surface area contributed by atoms with E-state index in [1.807, 2.05) is 0 Å². The van der Waals surface area contributed by atoms with Gasteiger partial charge in [-0.25, -0.2) is 0 Å². The topological polar surface area (TPSA) is 12.0 Å². The van der Waals surface area contributed by atoms with Crippen LogP contribution < -0.4 is 5.32 Å². The maximum absolute atomic E-state index is 3.52. The average molecular weight is 203 g/mol. The highest BCUT2D eigenvalue weighted by Gasteiger charge is 2.27. The fourth-order valence-electron chi connectivity index (χ4n) is 2.61. The Kier molecular flexibility index (Phi) is 3.42. The lowest BCUT2D eigenvalue weighted by Crippen LogP contribution is -2.10. The van der Waals surface area contributed by atoms with E-state index >= 15 is 0 Å². The van der Waals surface area contributed by atoms with Gasteiger partial charge in [0.15, 0.2) is 0 Å². The summed E-state index contributed by atoms with van der Waals surface area (Å²) in [4.78, 5) is 0. The van der Waals surface area contributed by atoms with Crippen LogP contribution in [0.25, 0.3) is 0 Å². The van der Waals surface area contributed by atoms with E-state index in [-0.39, 0.29) is 0 Å². The van der Waals surface area contributed by atoms with Crippen LogP contribution in [0.4, 0.5) is 0 Å². The minimum absolute atomic E-state index is 0.741. The van der Waals surface area contributed by atoms with E-state index in [2.05, 4.69) is 43.4 Å². The first-order chi connectivity index (χ1) is 7.31. The summed E-state index contributed by atoms with van der Waals surface area (Å²) in [7, 11) is 0. The molecule has 1 heterocycles. The number of hydrogen-bond donors (Lipinski definition) is 1. The molecule has 1 unspecified atom stereocenters. The van der Waals surface area contributed by atoms with Crippen molar-refractivity contribution < 1.29 is 0 Å². The Morgan fingerprint density at radius 2 is 1.93 bits per heavy atom. The molecule has 0 radical (unpaired) electrons. The highest BCUT2D eigenvalue weighted by atomic mass is 14.9. The Balaban J connectivity index is 2.11. The van der Waals surface area contributed by atoms with Gasteiger partial charge in [0.2, 0.25) is 0 Å². The van der Waals surface area contributed by atoms with Crippen molar-refractivity contribution in [3.63, 3.8) is 0 Å². The number of rotatable bonds is 3. The fraction of sp³-hybridized carbons (Fsp3) is 0.571. The van der Waals surface area contributed by atoms with Crippen LogP contribution in [0.1, 0.15) is 36.8 Å². The highest BCUT2D eigenvalue weighted by Crippen LogP contribution is 2.31. The first kappa shape index (κ1) is 10.7. The number of hydrogen-bond acceptors (Lipinski definition) is 1. The predicted molar refractivity (Wildman–Crippen MR) is 65.2 cm³/mol. The molecule has 1 saturated heterocycles. The monoisotopic (exact) mass is 203 g/mol. The summed E-state index contributed by atoms with van der Waals surface area (Å²) in [5, 5.41) is 3.52. The third kappa shape index (κ3) is 2.40. The van der Waals surface area contributed by atoms with Crippen LogP contribution in [0.15, 0.2) is 24.3 Å². The molecule has 0 aromatic heterocycles. The molecule has 2 rings (SSSR count). The third-order valence-electron chi connectivity index (χ3n) is 3.50. The summed E-state index contributed by atoms with van der Waals surface area (Å²) in [5.74, 6) is 1.59. The lowest BCUT2D eigenvalue weighted by Gasteiger charge is -2.18. The molecule has 1 aromatic rings. The van der Waals surface area contributed by atoms with Gasteiger partial charge in [0, 0.05) is 12.5 Å². The number of benzene rings is 1. The molecule has 0 saturated carbocycles. The van der Waals surface area contributed by atoms with Crippen LogP contribution in [-0.4, -0.2) is 13.1 Å². The van der Waals surface area contributed by atoms with E-state index in [1.54, 1.807) is 0 Å². The van der Waals surface area contributed by atoms with Gasteiger partial charge in [-0.05, 0) is 31.4 Å². The van der Waals surface area contributed by atoms with Crippen molar-refractivity contribution in [3.8, 4) is 0 Å². The summed E-state index contributed by atoms with van der Waals surface area (Å²) >= 11 is 0. The maximum atomic E-state index is 3.52. The molecule has 15 heavy (non-hydrogen) atoms.